The van der Waals surface area contributed by atoms with Gasteiger partial charge in [0, 0.05) is 22.9 Å². The molecular weight excluding hydrogens is 308 g/mol. The molecule has 0 aliphatic heterocycles. The van der Waals surface area contributed by atoms with Crippen molar-refractivity contribution in [3.63, 3.8) is 0 Å². The quantitative estimate of drug-likeness (QED) is 0.792. The van der Waals surface area contributed by atoms with Gasteiger partial charge in [0.2, 0.25) is 11.7 Å². The molecule has 0 saturated heterocycles. The maximum absolute atomic E-state index is 5.61. The van der Waals surface area contributed by atoms with Gasteiger partial charge in [-0.3, -0.25) is 0 Å². The number of hydrogen-bond acceptors (Lipinski definition) is 6. The molecule has 0 amide bonds. The highest BCUT2D eigenvalue weighted by Crippen LogP contribution is 2.26. The lowest BCUT2D eigenvalue weighted by Gasteiger charge is -2.13. The van der Waals surface area contributed by atoms with Crippen LogP contribution in [0.1, 0.15) is 42.9 Å². The summed E-state index contributed by atoms with van der Waals surface area (Å²) in [6, 6.07) is 7.86. The Morgan fingerprint density at radius 3 is 2.48 bits per heavy atom. The summed E-state index contributed by atoms with van der Waals surface area (Å²) in [4.78, 5) is 9.12. The number of benzene rings is 1. The van der Waals surface area contributed by atoms with Gasteiger partial charge in [0.15, 0.2) is 0 Å². The molecule has 0 spiro atoms. The third-order valence-electron chi connectivity index (χ3n) is 3.44. The maximum atomic E-state index is 5.61. The number of nitrogens with zero attached hydrogens (tertiary/aromatic N) is 3. The highest BCUT2D eigenvalue weighted by atomic mass is 32.1. The van der Waals surface area contributed by atoms with E-state index in [1.807, 2.05) is 24.3 Å². The molecule has 0 bridgehead atoms. The van der Waals surface area contributed by atoms with Gasteiger partial charge in [0.25, 0.3) is 0 Å². The van der Waals surface area contributed by atoms with E-state index < -0.39 is 0 Å². The molecule has 0 aliphatic rings. The van der Waals surface area contributed by atoms with Crippen molar-refractivity contribution >= 4 is 11.3 Å². The Labute approximate surface area is 139 Å². The molecule has 2 heterocycles. The molecule has 120 valence electrons. The fraction of sp³-hybridized carbons (Fsp3) is 0.353. The predicted molar refractivity (Wildman–Crippen MR) is 91.2 cm³/mol. The minimum Gasteiger partial charge on any atom is -0.339 e. The standard InChI is InChI=1S/C17H20N4OS/c1-17(2,3)16-19-13(10-23-16)8-14-20-15(21-22-14)12-6-4-11(9-18)5-7-12/h4-7,10H,8-9,18H2,1-3H3. The van der Waals surface area contributed by atoms with E-state index in [1.165, 1.54) is 0 Å². The van der Waals surface area contributed by atoms with Crippen LogP contribution in [0.5, 0.6) is 0 Å². The lowest BCUT2D eigenvalue weighted by molar-refractivity contribution is 0.385. The topological polar surface area (TPSA) is 77.8 Å². The van der Waals surface area contributed by atoms with Gasteiger partial charge in [-0.1, -0.05) is 50.2 Å². The average molecular weight is 328 g/mol. The molecule has 0 fully saturated rings. The number of nitrogens with two attached hydrogens (primary N) is 1. The molecule has 3 rings (SSSR count). The van der Waals surface area contributed by atoms with E-state index >= 15 is 0 Å². The Morgan fingerprint density at radius 2 is 1.87 bits per heavy atom. The van der Waals surface area contributed by atoms with E-state index in [4.69, 9.17) is 10.3 Å². The highest BCUT2D eigenvalue weighted by molar-refractivity contribution is 7.09. The van der Waals surface area contributed by atoms with Gasteiger partial charge in [-0.05, 0) is 5.56 Å². The van der Waals surface area contributed by atoms with Gasteiger partial charge < -0.3 is 10.3 Å². The normalized spacial score (nSPS) is 11.8. The van der Waals surface area contributed by atoms with E-state index in [0.717, 1.165) is 21.8 Å². The van der Waals surface area contributed by atoms with Gasteiger partial charge in [0.05, 0.1) is 17.1 Å². The average Bonchev–Trinajstić information content (AvgIpc) is 3.17. The number of aromatic nitrogens is 3. The van der Waals surface area contributed by atoms with E-state index in [2.05, 4.69) is 41.3 Å². The Balaban J connectivity index is 1.75. The van der Waals surface area contributed by atoms with Crippen LogP contribution in [0.3, 0.4) is 0 Å². The van der Waals surface area contributed by atoms with Crippen molar-refractivity contribution in [3.8, 4) is 11.4 Å². The monoisotopic (exact) mass is 328 g/mol. The van der Waals surface area contributed by atoms with E-state index in [0.29, 0.717) is 24.7 Å². The number of thiazole rings is 1. The molecular formula is C17H20N4OS. The molecule has 0 aliphatic carbocycles. The summed E-state index contributed by atoms with van der Waals surface area (Å²) in [6.07, 6.45) is 0.556. The molecule has 23 heavy (non-hydrogen) atoms. The van der Waals surface area contributed by atoms with Gasteiger partial charge >= 0.3 is 0 Å². The van der Waals surface area contributed by atoms with Crippen LogP contribution in [-0.2, 0) is 18.4 Å². The van der Waals surface area contributed by atoms with Crippen LogP contribution >= 0.6 is 11.3 Å². The number of hydrogen-bond donors (Lipinski definition) is 1. The van der Waals surface area contributed by atoms with Gasteiger partial charge in [-0.15, -0.1) is 11.3 Å². The Morgan fingerprint density at radius 1 is 1.13 bits per heavy atom. The van der Waals surface area contributed by atoms with Crippen LogP contribution in [0.15, 0.2) is 34.2 Å². The smallest absolute Gasteiger partial charge is 0.233 e. The van der Waals surface area contributed by atoms with Crippen LogP contribution in [-0.4, -0.2) is 15.1 Å². The van der Waals surface area contributed by atoms with Crippen LogP contribution < -0.4 is 5.73 Å². The summed E-state index contributed by atoms with van der Waals surface area (Å²) in [5, 5.41) is 7.22. The third kappa shape index (κ3) is 3.65. The van der Waals surface area contributed by atoms with Crippen molar-refractivity contribution in [2.45, 2.75) is 39.2 Å². The van der Waals surface area contributed by atoms with Gasteiger partial charge in [0.1, 0.15) is 0 Å². The first-order valence-corrected chi connectivity index (χ1v) is 8.40. The number of rotatable bonds is 4. The molecule has 0 radical (unpaired) electrons. The van der Waals surface area contributed by atoms with E-state index in [-0.39, 0.29) is 5.41 Å². The molecule has 3 aromatic rings. The van der Waals surface area contributed by atoms with E-state index in [1.54, 1.807) is 11.3 Å². The van der Waals surface area contributed by atoms with Crippen LogP contribution in [0.4, 0.5) is 0 Å². The third-order valence-corrected chi connectivity index (χ3v) is 4.76. The second-order valence-corrected chi connectivity index (χ2v) is 7.34. The summed E-state index contributed by atoms with van der Waals surface area (Å²) in [7, 11) is 0. The lowest BCUT2D eigenvalue weighted by Crippen LogP contribution is -2.10. The van der Waals surface area contributed by atoms with Crippen LogP contribution in [0.2, 0.25) is 0 Å². The molecule has 2 N–H and O–H groups in total. The fourth-order valence-electron chi connectivity index (χ4n) is 2.12. The Hall–Kier alpha value is -2.05. The largest absolute Gasteiger partial charge is 0.339 e. The van der Waals surface area contributed by atoms with Crippen LogP contribution in [0, 0.1) is 0 Å². The summed E-state index contributed by atoms with van der Waals surface area (Å²) in [5.74, 6) is 1.17. The molecule has 0 atom stereocenters. The van der Waals surface area contributed by atoms with Gasteiger partial charge in [-0.2, -0.15) is 4.98 Å². The van der Waals surface area contributed by atoms with E-state index in [9.17, 15) is 0 Å². The first-order chi connectivity index (χ1) is 11.0. The first-order valence-electron chi connectivity index (χ1n) is 7.52. The fourth-order valence-corrected chi connectivity index (χ4v) is 3.03. The lowest BCUT2D eigenvalue weighted by atomic mass is 9.98. The zero-order valence-electron chi connectivity index (χ0n) is 13.5. The maximum Gasteiger partial charge on any atom is 0.233 e. The summed E-state index contributed by atoms with van der Waals surface area (Å²) in [5.41, 5.74) is 8.64. The van der Waals surface area contributed by atoms with Crippen molar-refractivity contribution in [3.05, 3.63) is 51.8 Å². The van der Waals surface area contributed by atoms with Crippen molar-refractivity contribution in [2.75, 3.05) is 0 Å². The minimum atomic E-state index is 0.0632. The summed E-state index contributed by atoms with van der Waals surface area (Å²) in [6.45, 7) is 7.00. The zero-order chi connectivity index (χ0) is 16.4. The second kappa shape index (κ2) is 6.22. The minimum absolute atomic E-state index is 0.0632. The first kappa shape index (κ1) is 15.8. The SMILES string of the molecule is CC(C)(C)c1nc(Cc2nc(-c3ccc(CN)cc3)no2)cs1. The van der Waals surface area contributed by atoms with Crippen molar-refractivity contribution in [1.29, 1.82) is 0 Å². The summed E-state index contributed by atoms with van der Waals surface area (Å²) < 4.78 is 5.35. The highest BCUT2D eigenvalue weighted by Gasteiger charge is 2.19. The zero-order valence-corrected chi connectivity index (χ0v) is 14.4. The van der Waals surface area contributed by atoms with Crippen molar-refractivity contribution in [2.24, 2.45) is 5.73 Å². The summed E-state index contributed by atoms with van der Waals surface area (Å²) >= 11 is 1.67. The van der Waals surface area contributed by atoms with Crippen molar-refractivity contribution < 1.29 is 4.52 Å². The second-order valence-electron chi connectivity index (χ2n) is 6.48. The Bertz CT molecular complexity index is 784. The molecule has 2 aromatic heterocycles. The van der Waals surface area contributed by atoms with Gasteiger partial charge in [-0.25, -0.2) is 4.98 Å². The molecule has 0 saturated carbocycles. The van der Waals surface area contributed by atoms with Crippen molar-refractivity contribution in [1.82, 2.24) is 15.1 Å². The molecule has 0 unspecified atom stereocenters. The van der Waals surface area contributed by atoms with Crippen LogP contribution in [0.25, 0.3) is 11.4 Å². The molecule has 5 nitrogen and oxygen atoms in total. The molecule has 6 heteroatoms. The predicted octanol–water partition coefficient (Wildman–Crippen LogP) is 3.54. The molecule has 1 aromatic carbocycles. The Kier molecular flexibility index (Phi) is 4.28.